The molecule has 0 aliphatic carbocycles. The Morgan fingerprint density at radius 1 is 1.04 bits per heavy atom. The zero-order chi connectivity index (χ0) is 20.4. The average Bonchev–Trinajstić information content (AvgIpc) is 3.09. The Labute approximate surface area is 158 Å². The summed E-state index contributed by atoms with van der Waals surface area (Å²) in [7, 11) is 4.39. The van der Waals surface area contributed by atoms with E-state index in [-0.39, 0.29) is 6.42 Å². The van der Waals surface area contributed by atoms with Gasteiger partial charge in [0.25, 0.3) is 0 Å². The standard InChI is InChI=1S/C19H17F3N2O4/c1-26-13-7-12-15(19(28-3)18(13)27-2)9(8-23-12)6-14(25)24-11-5-4-10(20)16(21)17(11)22/h4-5,7-8,23H,6H2,1-3H3,(H,24,25). The molecule has 0 saturated carbocycles. The molecule has 9 heteroatoms. The summed E-state index contributed by atoms with van der Waals surface area (Å²) >= 11 is 0. The second-order valence-corrected chi connectivity index (χ2v) is 5.83. The van der Waals surface area contributed by atoms with Crippen LogP contribution in [0.2, 0.25) is 0 Å². The number of hydrogen-bond acceptors (Lipinski definition) is 4. The van der Waals surface area contributed by atoms with E-state index in [2.05, 4.69) is 10.3 Å². The van der Waals surface area contributed by atoms with Gasteiger partial charge in [0.1, 0.15) is 0 Å². The molecule has 1 heterocycles. The molecule has 0 atom stereocenters. The SMILES string of the molecule is COc1cc2[nH]cc(CC(=O)Nc3ccc(F)c(F)c3F)c2c(OC)c1OC. The molecule has 0 saturated heterocycles. The van der Waals surface area contributed by atoms with Crippen LogP contribution in [0.15, 0.2) is 24.4 Å². The Balaban J connectivity index is 1.94. The van der Waals surface area contributed by atoms with E-state index in [1.54, 1.807) is 12.3 Å². The number of H-pyrrole nitrogens is 1. The maximum absolute atomic E-state index is 13.8. The maximum Gasteiger partial charge on any atom is 0.228 e. The number of methoxy groups -OCH3 is 3. The number of rotatable bonds is 6. The number of amides is 1. The summed E-state index contributed by atoms with van der Waals surface area (Å²) in [5.41, 5.74) is 0.722. The second kappa shape index (κ2) is 7.71. The maximum atomic E-state index is 13.8. The number of aromatic amines is 1. The van der Waals surface area contributed by atoms with Gasteiger partial charge in [-0.3, -0.25) is 4.79 Å². The molecule has 3 rings (SSSR count). The first kappa shape index (κ1) is 19.4. The number of nitrogens with one attached hydrogen (secondary N) is 2. The molecule has 0 radical (unpaired) electrons. The number of carbonyl (C=O) groups excluding carboxylic acids is 1. The lowest BCUT2D eigenvalue weighted by atomic mass is 10.1. The van der Waals surface area contributed by atoms with Crippen molar-refractivity contribution in [3.63, 3.8) is 0 Å². The highest BCUT2D eigenvalue weighted by molar-refractivity contribution is 5.99. The van der Waals surface area contributed by atoms with Crippen LogP contribution in [-0.4, -0.2) is 32.2 Å². The van der Waals surface area contributed by atoms with Crippen molar-refractivity contribution in [2.24, 2.45) is 0 Å². The van der Waals surface area contributed by atoms with Crippen molar-refractivity contribution < 1.29 is 32.2 Å². The van der Waals surface area contributed by atoms with E-state index in [0.717, 1.165) is 12.1 Å². The van der Waals surface area contributed by atoms with Gasteiger partial charge in [0.2, 0.25) is 11.7 Å². The minimum Gasteiger partial charge on any atom is -0.493 e. The largest absolute Gasteiger partial charge is 0.493 e. The molecular formula is C19H17F3N2O4. The average molecular weight is 394 g/mol. The first-order chi connectivity index (χ1) is 13.4. The third kappa shape index (κ3) is 3.30. The van der Waals surface area contributed by atoms with Crippen LogP contribution >= 0.6 is 0 Å². The first-order valence-electron chi connectivity index (χ1n) is 8.13. The van der Waals surface area contributed by atoms with Gasteiger partial charge in [-0.25, -0.2) is 13.2 Å². The van der Waals surface area contributed by atoms with Crippen molar-refractivity contribution in [3.8, 4) is 17.2 Å². The Bertz CT molecular complexity index is 1050. The smallest absolute Gasteiger partial charge is 0.228 e. The molecule has 0 bridgehead atoms. The topological polar surface area (TPSA) is 72.6 Å². The van der Waals surface area contributed by atoms with Crippen molar-refractivity contribution >= 4 is 22.5 Å². The van der Waals surface area contributed by atoms with Crippen LogP contribution < -0.4 is 19.5 Å². The molecule has 1 amide bonds. The van der Waals surface area contributed by atoms with Crippen LogP contribution in [0.4, 0.5) is 18.9 Å². The normalized spacial score (nSPS) is 10.8. The molecule has 148 valence electrons. The van der Waals surface area contributed by atoms with Gasteiger partial charge in [0.05, 0.1) is 39.0 Å². The van der Waals surface area contributed by atoms with Crippen LogP contribution in [0, 0.1) is 17.5 Å². The summed E-state index contributed by atoms with van der Waals surface area (Å²) < 4.78 is 56.2. The minimum atomic E-state index is -1.65. The van der Waals surface area contributed by atoms with Crippen molar-refractivity contribution in [1.29, 1.82) is 0 Å². The van der Waals surface area contributed by atoms with Crippen molar-refractivity contribution in [2.75, 3.05) is 26.6 Å². The van der Waals surface area contributed by atoms with E-state index in [1.807, 2.05) is 0 Å². The summed E-state index contributed by atoms with van der Waals surface area (Å²) in [6.45, 7) is 0. The van der Waals surface area contributed by atoms with E-state index in [4.69, 9.17) is 14.2 Å². The Morgan fingerprint density at radius 3 is 2.39 bits per heavy atom. The Hall–Kier alpha value is -3.36. The molecule has 3 aromatic rings. The zero-order valence-electron chi connectivity index (χ0n) is 15.3. The predicted octanol–water partition coefficient (Wildman–Crippen LogP) is 3.79. The molecule has 2 N–H and O–H groups in total. The molecule has 2 aromatic carbocycles. The lowest BCUT2D eigenvalue weighted by Crippen LogP contribution is -2.16. The Kier molecular flexibility index (Phi) is 5.34. The number of fused-ring (bicyclic) bond motifs is 1. The van der Waals surface area contributed by atoms with E-state index in [1.165, 1.54) is 21.3 Å². The highest BCUT2D eigenvalue weighted by Crippen LogP contribution is 2.44. The molecule has 0 fully saturated rings. The number of hydrogen-bond donors (Lipinski definition) is 2. The molecule has 0 aliphatic rings. The number of carbonyl (C=O) groups is 1. The van der Waals surface area contributed by atoms with Crippen LogP contribution in [0.25, 0.3) is 10.9 Å². The van der Waals surface area contributed by atoms with Crippen molar-refractivity contribution in [2.45, 2.75) is 6.42 Å². The van der Waals surface area contributed by atoms with Crippen molar-refractivity contribution in [3.05, 3.63) is 47.4 Å². The fraction of sp³-hybridized carbons (Fsp3) is 0.211. The molecule has 1 aromatic heterocycles. The van der Waals surface area contributed by atoms with Crippen LogP contribution in [-0.2, 0) is 11.2 Å². The molecule has 28 heavy (non-hydrogen) atoms. The summed E-state index contributed by atoms with van der Waals surface area (Å²) in [4.78, 5) is 15.4. The zero-order valence-corrected chi connectivity index (χ0v) is 15.3. The highest BCUT2D eigenvalue weighted by Gasteiger charge is 2.21. The number of aromatic nitrogens is 1. The van der Waals surface area contributed by atoms with Gasteiger partial charge in [0, 0.05) is 17.6 Å². The number of halogens is 3. The van der Waals surface area contributed by atoms with Crippen molar-refractivity contribution in [1.82, 2.24) is 4.98 Å². The number of ether oxygens (including phenoxy) is 3. The van der Waals surface area contributed by atoms with E-state index >= 15 is 0 Å². The highest BCUT2D eigenvalue weighted by atomic mass is 19.2. The number of anilines is 1. The van der Waals surface area contributed by atoms with Gasteiger partial charge in [-0.1, -0.05) is 0 Å². The lowest BCUT2D eigenvalue weighted by Gasteiger charge is -2.14. The van der Waals surface area contributed by atoms with Gasteiger partial charge in [0.15, 0.2) is 29.0 Å². The summed E-state index contributed by atoms with van der Waals surface area (Å²) in [6.07, 6.45) is 1.41. The molecule has 0 spiro atoms. The van der Waals surface area contributed by atoms with Crippen LogP contribution in [0.3, 0.4) is 0 Å². The monoisotopic (exact) mass is 394 g/mol. The van der Waals surface area contributed by atoms with Crippen LogP contribution in [0.5, 0.6) is 17.2 Å². The summed E-state index contributed by atoms with van der Waals surface area (Å²) in [5, 5.41) is 2.82. The molecule has 0 aliphatic heterocycles. The van der Waals surface area contributed by atoms with E-state index < -0.39 is 29.0 Å². The molecule has 0 unspecified atom stereocenters. The fourth-order valence-electron chi connectivity index (χ4n) is 2.96. The number of benzene rings is 2. The Morgan fingerprint density at radius 2 is 1.75 bits per heavy atom. The fourth-order valence-corrected chi connectivity index (χ4v) is 2.96. The van der Waals surface area contributed by atoms with Gasteiger partial charge < -0.3 is 24.5 Å². The summed E-state index contributed by atoms with van der Waals surface area (Å²) in [6, 6.07) is 3.38. The van der Waals surface area contributed by atoms with E-state index in [0.29, 0.717) is 33.7 Å². The van der Waals surface area contributed by atoms with Gasteiger partial charge in [-0.2, -0.15) is 0 Å². The van der Waals surface area contributed by atoms with E-state index in [9.17, 15) is 18.0 Å². The first-order valence-corrected chi connectivity index (χ1v) is 8.13. The third-order valence-electron chi connectivity index (χ3n) is 4.21. The predicted molar refractivity (Wildman–Crippen MR) is 96.6 cm³/mol. The lowest BCUT2D eigenvalue weighted by molar-refractivity contribution is -0.115. The van der Waals surface area contributed by atoms with Gasteiger partial charge in [-0.05, 0) is 17.7 Å². The second-order valence-electron chi connectivity index (χ2n) is 5.83. The third-order valence-corrected chi connectivity index (χ3v) is 4.21. The minimum absolute atomic E-state index is 0.176. The molecule has 6 nitrogen and oxygen atoms in total. The van der Waals surface area contributed by atoms with Gasteiger partial charge >= 0.3 is 0 Å². The molecular weight excluding hydrogens is 377 g/mol. The quantitative estimate of drug-likeness (QED) is 0.624. The van der Waals surface area contributed by atoms with Gasteiger partial charge in [-0.15, -0.1) is 0 Å². The van der Waals surface area contributed by atoms with Crippen LogP contribution in [0.1, 0.15) is 5.56 Å². The summed E-state index contributed by atoms with van der Waals surface area (Å²) in [5.74, 6) is -3.92.